The molecule has 94 valence electrons. The van der Waals surface area contributed by atoms with Crippen LogP contribution in [0, 0.1) is 11.6 Å². The van der Waals surface area contributed by atoms with Crippen molar-refractivity contribution in [1.29, 1.82) is 0 Å². The number of rotatable bonds is 4. The van der Waals surface area contributed by atoms with Gasteiger partial charge in [0.2, 0.25) is 0 Å². The lowest BCUT2D eigenvalue weighted by atomic mass is 10.3. The molecule has 0 unspecified atom stereocenters. The average Bonchev–Trinajstić information content (AvgIpc) is 3.08. The summed E-state index contributed by atoms with van der Waals surface area (Å²) in [6.07, 6.45) is 3.98. The van der Waals surface area contributed by atoms with Crippen LogP contribution in [-0.2, 0) is 6.54 Å². The fourth-order valence-corrected chi connectivity index (χ4v) is 1.69. The predicted molar refractivity (Wildman–Crippen MR) is 61.1 cm³/mol. The summed E-state index contributed by atoms with van der Waals surface area (Å²) in [6, 6.07) is 3.82. The predicted octanol–water partition coefficient (Wildman–Crippen LogP) is 1.80. The lowest BCUT2D eigenvalue weighted by molar-refractivity contribution is 0.584. The normalized spacial score (nSPS) is 15.0. The molecule has 4 nitrogen and oxygen atoms in total. The van der Waals surface area contributed by atoms with Crippen LogP contribution in [0.4, 0.5) is 8.78 Å². The molecular formula is C12H12F2N4. The van der Waals surface area contributed by atoms with Crippen molar-refractivity contribution in [2.75, 3.05) is 0 Å². The van der Waals surface area contributed by atoms with E-state index in [1.54, 1.807) is 6.20 Å². The van der Waals surface area contributed by atoms with Crippen LogP contribution in [0.5, 0.6) is 0 Å². The fourth-order valence-electron chi connectivity index (χ4n) is 1.69. The summed E-state index contributed by atoms with van der Waals surface area (Å²) in [5.41, 5.74) is 0.783. The van der Waals surface area contributed by atoms with Gasteiger partial charge in [0.15, 0.2) is 0 Å². The molecule has 0 atom stereocenters. The molecule has 18 heavy (non-hydrogen) atoms. The molecular weight excluding hydrogens is 238 g/mol. The monoisotopic (exact) mass is 250 g/mol. The summed E-state index contributed by atoms with van der Waals surface area (Å²) in [4.78, 5) is 0. The number of aromatic nitrogens is 3. The highest BCUT2D eigenvalue weighted by Gasteiger charge is 2.20. The molecule has 0 saturated heterocycles. The van der Waals surface area contributed by atoms with Crippen LogP contribution in [0.1, 0.15) is 18.5 Å². The van der Waals surface area contributed by atoms with Gasteiger partial charge in [0.05, 0.1) is 11.9 Å². The van der Waals surface area contributed by atoms with Gasteiger partial charge in [-0.05, 0) is 25.0 Å². The quantitative estimate of drug-likeness (QED) is 0.899. The Morgan fingerprint density at radius 2 is 2.17 bits per heavy atom. The number of nitrogens with one attached hydrogen (secondary N) is 1. The van der Waals surface area contributed by atoms with E-state index in [1.165, 1.54) is 17.5 Å². The van der Waals surface area contributed by atoms with Crippen LogP contribution >= 0.6 is 0 Å². The van der Waals surface area contributed by atoms with Crippen molar-refractivity contribution >= 4 is 0 Å². The van der Waals surface area contributed by atoms with Crippen LogP contribution in [0.25, 0.3) is 5.69 Å². The Kier molecular flexibility index (Phi) is 2.79. The lowest BCUT2D eigenvalue weighted by Gasteiger charge is -2.01. The van der Waals surface area contributed by atoms with Crippen molar-refractivity contribution in [3.63, 3.8) is 0 Å². The van der Waals surface area contributed by atoms with Gasteiger partial charge < -0.3 is 5.32 Å². The van der Waals surface area contributed by atoms with Crippen molar-refractivity contribution in [3.05, 3.63) is 41.7 Å². The first-order chi connectivity index (χ1) is 8.72. The summed E-state index contributed by atoms with van der Waals surface area (Å²) in [7, 11) is 0. The second kappa shape index (κ2) is 4.45. The van der Waals surface area contributed by atoms with Crippen LogP contribution in [0.2, 0.25) is 0 Å². The minimum absolute atomic E-state index is 0.0696. The fraction of sp³-hybridized carbons (Fsp3) is 0.333. The largest absolute Gasteiger partial charge is 0.308 e. The summed E-state index contributed by atoms with van der Waals surface area (Å²) in [5, 5.41) is 11.0. The van der Waals surface area contributed by atoms with E-state index in [1.807, 2.05) is 0 Å². The Bertz CT molecular complexity index is 563. The van der Waals surface area contributed by atoms with Gasteiger partial charge in [0.25, 0.3) is 0 Å². The van der Waals surface area contributed by atoms with Gasteiger partial charge in [-0.25, -0.2) is 13.5 Å². The molecule has 0 radical (unpaired) electrons. The first kappa shape index (κ1) is 11.3. The number of benzene rings is 1. The summed E-state index contributed by atoms with van der Waals surface area (Å²) < 4.78 is 27.8. The first-order valence-corrected chi connectivity index (χ1v) is 5.82. The molecule has 1 heterocycles. The van der Waals surface area contributed by atoms with Crippen molar-refractivity contribution in [3.8, 4) is 5.69 Å². The Labute approximate surface area is 103 Å². The maximum Gasteiger partial charge on any atom is 0.149 e. The third-order valence-electron chi connectivity index (χ3n) is 2.85. The molecule has 0 aliphatic heterocycles. The molecule has 0 amide bonds. The van der Waals surface area contributed by atoms with Gasteiger partial charge in [-0.1, -0.05) is 5.21 Å². The van der Waals surface area contributed by atoms with E-state index in [2.05, 4.69) is 15.6 Å². The third-order valence-corrected chi connectivity index (χ3v) is 2.85. The molecule has 0 bridgehead atoms. The van der Waals surface area contributed by atoms with E-state index in [4.69, 9.17) is 0 Å². The van der Waals surface area contributed by atoms with Gasteiger partial charge in [-0.2, -0.15) is 0 Å². The van der Waals surface area contributed by atoms with E-state index >= 15 is 0 Å². The SMILES string of the molecule is Fc1ccc(F)c(-n2cc(CNC3CC3)nn2)c1. The van der Waals surface area contributed by atoms with Crippen molar-refractivity contribution in [1.82, 2.24) is 20.3 Å². The molecule has 1 aliphatic rings. The topological polar surface area (TPSA) is 42.7 Å². The summed E-state index contributed by atoms with van der Waals surface area (Å²) in [5.74, 6) is -1.03. The Hall–Kier alpha value is -1.82. The van der Waals surface area contributed by atoms with Gasteiger partial charge >= 0.3 is 0 Å². The van der Waals surface area contributed by atoms with Crippen LogP contribution in [-0.4, -0.2) is 21.0 Å². The highest BCUT2D eigenvalue weighted by Crippen LogP contribution is 2.19. The van der Waals surface area contributed by atoms with E-state index in [9.17, 15) is 8.78 Å². The second-order valence-corrected chi connectivity index (χ2v) is 4.41. The molecule has 1 aromatic heterocycles. The van der Waals surface area contributed by atoms with Crippen LogP contribution < -0.4 is 5.32 Å². The molecule has 1 aromatic carbocycles. The van der Waals surface area contributed by atoms with Crippen LogP contribution in [0.15, 0.2) is 24.4 Å². The Balaban J connectivity index is 1.80. The van der Waals surface area contributed by atoms with E-state index in [0.29, 0.717) is 18.3 Å². The Morgan fingerprint density at radius 3 is 2.94 bits per heavy atom. The van der Waals surface area contributed by atoms with Crippen molar-refractivity contribution < 1.29 is 8.78 Å². The Morgan fingerprint density at radius 1 is 1.33 bits per heavy atom. The molecule has 0 spiro atoms. The van der Waals surface area contributed by atoms with Gasteiger partial charge in [0.1, 0.15) is 17.3 Å². The third kappa shape index (κ3) is 2.38. The maximum atomic E-state index is 13.5. The molecule has 3 rings (SSSR count). The summed E-state index contributed by atoms with van der Waals surface area (Å²) >= 11 is 0. The molecule has 1 aliphatic carbocycles. The standard InChI is InChI=1S/C12H12F2N4/c13-8-1-4-11(14)12(5-8)18-7-10(16-17-18)6-15-9-2-3-9/h1,4-5,7,9,15H,2-3,6H2. The zero-order valence-corrected chi connectivity index (χ0v) is 9.61. The van der Waals surface area contributed by atoms with Gasteiger partial charge in [-0.3, -0.25) is 0 Å². The first-order valence-electron chi connectivity index (χ1n) is 5.82. The summed E-state index contributed by atoms with van der Waals surface area (Å²) in [6.45, 7) is 0.599. The van der Waals surface area contributed by atoms with E-state index < -0.39 is 11.6 Å². The number of hydrogen-bond donors (Lipinski definition) is 1. The lowest BCUT2D eigenvalue weighted by Crippen LogP contribution is -2.15. The highest BCUT2D eigenvalue weighted by molar-refractivity contribution is 5.32. The average molecular weight is 250 g/mol. The smallest absolute Gasteiger partial charge is 0.149 e. The van der Waals surface area contributed by atoms with Gasteiger partial charge in [-0.15, -0.1) is 5.10 Å². The second-order valence-electron chi connectivity index (χ2n) is 4.41. The maximum absolute atomic E-state index is 13.5. The molecule has 1 saturated carbocycles. The molecule has 2 aromatic rings. The highest BCUT2D eigenvalue weighted by atomic mass is 19.1. The number of nitrogens with zero attached hydrogens (tertiary/aromatic N) is 3. The van der Waals surface area contributed by atoms with Crippen LogP contribution in [0.3, 0.4) is 0 Å². The zero-order chi connectivity index (χ0) is 12.5. The number of halogens is 2. The van der Waals surface area contributed by atoms with E-state index in [-0.39, 0.29) is 5.69 Å². The molecule has 1 N–H and O–H groups in total. The molecule has 6 heteroatoms. The zero-order valence-electron chi connectivity index (χ0n) is 9.61. The number of hydrogen-bond acceptors (Lipinski definition) is 3. The minimum Gasteiger partial charge on any atom is -0.308 e. The van der Waals surface area contributed by atoms with Gasteiger partial charge in [0, 0.05) is 18.7 Å². The van der Waals surface area contributed by atoms with E-state index in [0.717, 1.165) is 18.2 Å². The van der Waals surface area contributed by atoms with Crippen molar-refractivity contribution in [2.24, 2.45) is 0 Å². The minimum atomic E-state index is -0.525. The molecule has 1 fully saturated rings. The van der Waals surface area contributed by atoms with Crippen molar-refractivity contribution in [2.45, 2.75) is 25.4 Å².